The summed E-state index contributed by atoms with van der Waals surface area (Å²) in [6, 6.07) is 7.23. The minimum absolute atomic E-state index is 0.107. The maximum absolute atomic E-state index is 12.9. The first-order chi connectivity index (χ1) is 18.9. The Morgan fingerprint density at radius 2 is 1.79 bits per heavy atom. The van der Waals surface area contributed by atoms with Gasteiger partial charge in [0.25, 0.3) is 0 Å². The quantitative estimate of drug-likeness (QED) is 0.234. The number of fused-ring (bicyclic) bond motifs is 1. The standard InChI is InChI=1S/C29H24Cl2F2N4O2/c30-20-14-34-15-21(31)25(20)26-24(27(39-36-26)16-1-2-16)17-12-29(13-17)6-9-37(10-7-29)18-3-4-22-19(11-18)23(5-8-35-22)38-28(32)33/h3-5,8,11-12,14-16,28H,1-2,6-7,9-10,13H2. The summed E-state index contributed by atoms with van der Waals surface area (Å²) in [7, 11) is 0. The molecule has 6 nitrogen and oxygen atoms in total. The highest BCUT2D eigenvalue weighted by Crippen LogP contribution is 2.56. The van der Waals surface area contributed by atoms with Gasteiger partial charge in [-0.05, 0) is 67.4 Å². The van der Waals surface area contributed by atoms with E-state index in [1.54, 1.807) is 12.4 Å². The summed E-state index contributed by atoms with van der Waals surface area (Å²) in [6.45, 7) is -1.17. The van der Waals surface area contributed by atoms with Crippen molar-refractivity contribution < 1.29 is 18.0 Å². The maximum Gasteiger partial charge on any atom is 0.387 e. The fourth-order valence-corrected chi connectivity index (χ4v) is 6.51. The Balaban J connectivity index is 1.14. The first kappa shape index (κ1) is 24.8. The number of nitrogens with zero attached hydrogens (tertiary/aromatic N) is 4. The predicted octanol–water partition coefficient (Wildman–Crippen LogP) is 8.14. The molecule has 1 aromatic carbocycles. The number of pyridine rings is 2. The molecule has 0 unspecified atom stereocenters. The zero-order chi connectivity index (χ0) is 26.7. The molecule has 1 aliphatic heterocycles. The van der Waals surface area contributed by atoms with Gasteiger partial charge in [0.1, 0.15) is 17.2 Å². The summed E-state index contributed by atoms with van der Waals surface area (Å²) in [5.41, 5.74) is 5.34. The average molecular weight is 569 g/mol. The molecule has 1 saturated heterocycles. The Morgan fingerprint density at radius 3 is 2.49 bits per heavy atom. The molecule has 1 spiro atoms. The monoisotopic (exact) mass is 568 g/mol. The number of piperidine rings is 1. The highest BCUT2D eigenvalue weighted by molar-refractivity contribution is 6.39. The van der Waals surface area contributed by atoms with E-state index in [1.807, 2.05) is 18.2 Å². The van der Waals surface area contributed by atoms with Gasteiger partial charge in [0, 0.05) is 59.8 Å². The molecule has 4 heterocycles. The van der Waals surface area contributed by atoms with Crippen molar-refractivity contribution in [2.75, 3.05) is 18.0 Å². The lowest BCUT2D eigenvalue weighted by Gasteiger charge is -2.47. The molecule has 3 aliphatic rings. The van der Waals surface area contributed by atoms with E-state index in [4.69, 9.17) is 32.5 Å². The molecule has 0 atom stereocenters. The van der Waals surface area contributed by atoms with Gasteiger partial charge in [0.05, 0.1) is 15.6 Å². The Morgan fingerprint density at radius 1 is 1.05 bits per heavy atom. The van der Waals surface area contributed by atoms with Crippen LogP contribution in [0.2, 0.25) is 10.0 Å². The van der Waals surface area contributed by atoms with Gasteiger partial charge in [-0.25, -0.2) is 0 Å². The zero-order valence-electron chi connectivity index (χ0n) is 20.8. The highest BCUT2D eigenvalue weighted by atomic mass is 35.5. The number of halogens is 4. The van der Waals surface area contributed by atoms with Crippen LogP contribution in [0.15, 0.2) is 53.5 Å². The van der Waals surface area contributed by atoms with Crippen molar-refractivity contribution in [1.29, 1.82) is 0 Å². The van der Waals surface area contributed by atoms with E-state index in [0.29, 0.717) is 38.1 Å². The molecule has 39 heavy (non-hydrogen) atoms. The molecule has 3 aromatic heterocycles. The van der Waals surface area contributed by atoms with E-state index in [2.05, 4.69) is 26.1 Å². The lowest BCUT2D eigenvalue weighted by atomic mass is 9.63. The number of ether oxygens (including phenoxy) is 1. The largest absolute Gasteiger partial charge is 0.434 e. The molecule has 2 fully saturated rings. The van der Waals surface area contributed by atoms with E-state index in [-0.39, 0.29) is 11.2 Å². The molecule has 10 heteroatoms. The summed E-state index contributed by atoms with van der Waals surface area (Å²) < 4.78 is 36.4. The van der Waals surface area contributed by atoms with Crippen LogP contribution in [0.3, 0.4) is 0 Å². The topological polar surface area (TPSA) is 64.3 Å². The Hall–Kier alpha value is -3.23. The maximum atomic E-state index is 12.9. The molecule has 7 rings (SSSR count). The molecule has 200 valence electrons. The minimum atomic E-state index is -2.88. The Bertz CT molecular complexity index is 1590. The van der Waals surface area contributed by atoms with Gasteiger partial charge in [-0.3, -0.25) is 9.97 Å². The number of aromatic nitrogens is 3. The molecular formula is C29H24Cl2F2N4O2. The summed E-state index contributed by atoms with van der Waals surface area (Å²) >= 11 is 13.0. The summed E-state index contributed by atoms with van der Waals surface area (Å²) in [4.78, 5) is 10.7. The van der Waals surface area contributed by atoms with Gasteiger partial charge in [0.2, 0.25) is 0 Å². The van der Waals surface area contributed by atoms with Crippen molar-refractivity contribution in [1.82, 2.24) is 15.1 Å². The van der Waals surface area contributed by atoms with E-state index >= 15 is 0 Å². The highest BCUT2D eigenvalue weighted by Gasteiger charge is 2.44. The third kappa shape index (κ3) is 4.43. The predicted molar refractivity (Wildman–Crippen MR) is 147 cm³/mol. The Kier molecular flexibility index (Phi) is 6.01. The van der Waals surface area contributed by atoms with Gasteiger partial charge < -0.3 is 14.2 Å². The van der Waals surface area contributed by atoms with E-state index in [9.17, 15) is 8.78 Å². The number of alkyl halides is 2. The second kappa shape index (κ2) is 9.45. The number of benzene rings is 1. The van der Waals surface area contributed by atoms with Crippen LogP contribution < -0.4 is 9.64 Å². The fourth-order valence-electron chi connectivity index (χ4n) is 5.96. The average Bonchev–Trinajstić information content (AvgIpc) is 3.66. The SMILES string of the molecule is FC(F)Oc1ccnc2ccc(N3CCC4(C=C(c5c(-c6c(Cl)cncc6Cl)noc5C5CC5)C4)CC3)cc12. The van der Waals surface area contributed by atoms with Crippen molar-refractivity contribution in [3.8, 4) is 17.0 Å². The van der Waals surface area contributed by atoms with Crippen LogP contribution in [0.4, 0.5) is 14.5 Å². The van der Waals surface area contributed by atoms with Crippen LogP contribution in [0.25, 0.3) is 27.7 Å². The lowest BCUT2D eigenvalue weighted by molar-refractivity contribution is -0.0488. The van der Waals surface area contributed by atoms with Crippen molar-refractivity contribution in [2.45, 2.75) is 44.6 Å². The van der Waals surface area contributed by atoms with E-state index in [1.165, 1.54) is 17.8 Å². The van der Waals surface area contributed by atoms with Gasteiger partial charge in [-0.1, -0.05) is 34.4 Å². The lowest BCUT2D eigenvalue weighted by Crippen LogP contribution is -2.42. The third-order valence-electron chi connectivity index (χ3n) is 8.13. The van der Waals surface area contributed by atoms with Crippen LogP contribution in [0, 0.1) is 5.41 Å². The Labute approximate surface area is 233 Å². The van der Waals surface area contributed by atoms with E-state index in [0.717, 1.165) is 62.2 Å². The van der Waals surface area contributed by atoms with Gasteiger partial charge in [-0.2, -0.15) is 8.78 Å². The fraction of sp³-hybridized carbons (Fsp3) is 0.345. The van der Waals surface area contributed by atoms with Crippen molar-refractivity contribution in [3.63, 3.8) is 0 Å². The summed E-state index contributed by atoms with van der Waals surface area (Å²) in [5.74, 6) is 1.46. The second-order valence-electron chi connectivity index (χ2n) is 10.6. The third-order valence-corrected chi connectivity index (χ3v) is 8.70. The summed E-state index contributed by atoms with van der Waals surface area (Å²) in [6.07, 6.45) is 12.1. The molecule has 0 radical (unpaired) electrons. The first-order valence-electron chi connectivity index (χ1n) is 13.0. The molecule has 0 amide bonds. The zero-order valence-corrected chi connectivity index (χ0v) is 22.4. The number of allylic oxidation sites excluding steroid dienone is 2. The molecule has 0 N–H and O–H groups in total. The molecule has 2 aliphatic carbocycles. The number of hydrogen-bond donors (Lipinski definition) is 0. The van der Waals surface area contributed by atoms with Crippen LogP contribution >= 0.6 is 23.2 Å². The molecule has 1 saturated carbocycles. The molecular weight excluding hydrogens is 545 g/mol. The van der Waals surface area contributed by atoms with Crippen molar-refractivity contribution in [3.05, 3.63) is 70.3 Å². The number of anilines is 1. The minimum Gasteiger partial charge on any atom is -0.434 e. The normalized spacial score (nSPS) is 18.5. The van der Waals surface area contributed by atoms with Crippen LogP contribution in [-0.2, 0) is 0 Å². The van der Waals surface area contributed by atoms with Crippen LogP contribution in [0.5, 0.6) is 5.75 Å². The van der Waals surface area contributed by atoms with Crippen LogP contribution in [0.1, 0.15) is 49.3 Å². The van der Waals surface area contributed by atoms with E-state index < -0.39 is 6.61 Å². The second-order valence-corrected chi connectivity index (χ2v) is 11.4. The van der Waals surface area contributed by atoms with Crippen molar-refractivity contribution in [2.24, 2.45) is 5.41 Å². The number of rotatable bonds is 6. The van der Waals surface area contributed by atoms with Gasteiger partial charge in [0.15, 0.2) is 0 Å². The number of hydrogen-bond acceptors (Lipinski definition) is 6. The van der Waals surface area contributed by atoms with Gasteiger partial charge in [-0.15, -0.1) is 0 Å². The smallest absolute Gasteiger partial charge is 0.387 e. The molecule has 4 aromatic rings. The van der Waals surface area contributed by atoms with Gasteiger partial charge >= 0.3 is 6.61 Å². The van der Waals surface area contributed by atoms with Crippen LogP contribution in [-0.4, -0.2) is 34.8 Å². The summed E-state index contributed by atoms with van der Waals surface area (Å²) in [5, 5.41) is 5.92. The first-order valence-corrected chi connectivity index (χ1v) is 13.8. The van der Waals surface area contributed by atoms with Crippen molar-refractivity contribution >= 4 is 45.4 Å². The molecule has 0 bridgehead atoms.